The molecule has 0 fully saturated rings. The van der Waals surface area contributed by atoms with Crippen LogP contribution in [0.25, 0.3) is 0 Å². The number of hydrogen-bond acceptors (Lipinski definition) is 4. The number of aryl methyl sites for hydroxylation is 3. The monoisotopic (exact) mass is 330 g/mol. The number of benzene rings is 1. The Hall–Kier alpha value is -2.83. The average Bonchev–Trinajstić information content (AvgIpc) is 2.49. The van der Waals surface area contributed by atoms with E-state index in [4.69, 9.17) is 0 Å². The van der Waals surface area contributed by atoms with E-state index in [1.807, 2.05) is 0 Å². The Kier molecular flexibility index (Phi) is 5.23. The zero-order chi connectivity index (χ0) is 17.9. The fourth-order valence-electron chi connectivity index (χ4n) is 2.14. The molecular weight excluding hydrogens is 311 g/mol. The van der Waals surface area contributed by atoms with Crippen molar-refractivity contribution in [1.82, 2.24) is 15.3 Å². The molecule has 126 valence electrons. The first kappa shape index (κ1) is 17.5. The molecule has 0 radical (unpaired) electrons. The summed E-state index contributed by atoms with van der Waals surface area (Å²) in [6.45, 7) is 6.74. The summed E-state index contributed by atoms with van der Waals surface area (Å²) in [7, 11) is 0. The highest BCUT2D eigenvalue weighted by atomic mass is 19.1. The SMILES string of the molecule is Cc1cc(C(=O)N[C@H](C)C(=O)Nc2cc(F)ccc2C)nc(C)n1. The molecule has 0 unspecified atom stereocenters. The summed E-state index contributed by atoms with van der Waals surface area (Å²) < 4.78 is 13.3. The summed E-state index contributed by atoms with van der Waals surface area (Å²) in [6, 6.07) is 4.86. The molecule has 0 aliphatic heterocycles. The third kappa shape index (κ3) is 4.34. The normalized spacial score (nSPS) is 11.7. The summed E-state index contributed by atoms with van der Waals surface area (Å²) in [5, 5.41) is 5.17. The number of carbonyl (C=O) groups excluding carboxylic acids is 2. The summed E-state index contributed by atoms with van der Waals surface area (Å²) in [5.41, 5.74) is 1.96. The number of amides is 2. The van der Waals surface area contributed by atoms with Crippen LogP contribution in [0.1, 0.15) is 34.5 Å². The minimum absolute atomic E-state index is 0.196. The maximum atomic E-state index is 13.3. The van der Waals surface area contributed by atoms with E-state index < -0.39 is 23.7 Å². The van der Waals surface area contributed by atoms with Gasteiger partial charge >= 0.3 is 0 Å². The van der Waals surface area contributed by atoms with Crippen LogP contribution in [0.5, 0.6) is 0 Å². The molecule has 2 amide bonds. The first-order valence-electron chi connectivity index (χ1n) is 7.46. The lowest BCUT2D eigenvalue weighted by Crippen LogP contribution is -2.42. The molecule has 0 aliphatic carbocycles. The molecule has 1 atom stereocenters. The largest absolute Gasteiger partial charge is 0.339 e. The van der Waals surface area contributed by atoms with Crippen LogP contribution >= 0.6 is 0 Å². The minimum Gasteiger partial charge on any atom is -0.339 e. The van der Waals surface area contributed by atoms with Crippen molar-refractivity contribution in [2.45, 2.75) is 33.7 Å². The molecule has 0 spiro atoms. The van der Waals surface area contributed by atoms with Gasteiger partial charge in [-0.05, 0) is 51.5 Å². The van der Waals surface area contributed by atoms with Crippen molar-refractivity contribution in [3.05, 3.63) is 52.9 Å². The summed E-state index contributed by atoms with van der Waals surface area (Å²) in [6.07, 6.45) is 0. The summed E-state index contributed by atoms with van der Waals surface area (Å²) in [5.74, 6) is -0.881. The van der Waals surface area contributed by atoms with Gasteiger partial charge in [-0.25, -0.2) is 14.4 Å². The lowest BCUT2D eigenvalue weighted by molar-refractivity contribution is -0.117. The smallest absolute Gasteiger partial charge is 0.270 e. The molecule has 1 heterocycles. The first-order chi connectivity index (χ1) is 11.3. The van der Waals surface area contributed by atoms with Gasteiger partial charge in [0, 0.05) is 11.4 Å². The maximum Gasteiger partial charge on any atom is 0.270 e. The molecule has 2 N–H and O–H groups in total. The second-order valence-electron chi connectivity index (χ2n) is 5.59. The fraction of sp³-hybridized carbons (Fsp3) is 0.294. The van der Waals surface area contributed by atoms with Crippen molar-refractivity contribution < 1.29 is 14.0 Å². The van der Waals surface area contributed by atoms with Gasteiger partial charge in [0.2, 0.25) is 5.91 Å². The highest BCUT2D eigenvalue weighted by Gasteiger charge is 2.19. The van der Waals surface area contributed by atoms with Crippen LogP contribution in [-0.4, -0.2) is 27.8 Å². The Morgan fingerprint density at radius 1 is 1.12 bits per heavy atom. The van der Waals surface area contributed by atoms with Gasteiger partial charge in [-0.15, -0.1) is 0 Å². The number of carbonyl (C=O) groups is 2. The van der Waals surface area contributed by atoms with E-state index in [9.17, 15) is 14.0 Å². The van der Waals surface area contributed by atoms with E-state index in [-0.39, 0.29) is 5.69 Å². The quantitative estimate of drug-likeness (QED) is 0.901. The van der Waals surface area contributed by atoms with Crippen molar-refractivity contribution >= 4 is 17.5 Å². The molecule has 7 heteroatoms. The van der Waals surface area contributed by atoms with Gasteiger partial charge < -0.3 is 10.6 Å². The number of aromatic nitrogens is 2. The second-order valence-corrected chi connectivity index (χ2v) is 5.59. The van der Waals surface area contributed by atoms with E-state index >= 15 is 0 Å². The number of nitrogens with zero attached hydrogens (tertiary/aromatic N) is 2. The van der Waals surface area contributed by atoms with Crippen LogP contribution in [0.4, 0.5) is 10.1 Å². The molecule has 2 rings (SSSR count). The van der Waals surface area contributed by atoms with Gasteiger partial charge in [0.15, 0.2) is 0 Å². The van der Waals surface area contributed by atoms with Crippen molar-refractivity contribution in [3.8, 4) is 0 Å². The molecule has 24 heavy (non-hydrogen) atoms. The van der Waals surface area contributed by atoms with Crippen LogP contribution in [0.3, 0.4) is 0 Å². The standard InChI is InChI=1S/C17H19FN4O2/c1-9-5-6-13(18)8-14(9)22-16(23)11(3)20-17(24)15-7-10(2)19-12(4)21-15/h5-8,11H,1-4H3,(H,20,24)(H,22,23)/t11-/m1/s1. The van der Waals surface area contributed by atoms with Gasteiger partial charge in [0.1, 0.15) is 23.4 Å². The van der Waals surface area contributed by atoms with Gasteiger partial charge in [-0.2, -0.15) is 0 Å². The molecule has 1 aromatic carbocycles. The Bertz CT molecular complexity index is 772. The zero-order valence-electron chi connectivity index (χ0n) is 14.0. The first-order valence-corrected chi connectivity index (χ1v) is 7.46. The highest BCUT2D eigenvalue weighted by Crippen LogP contribution is 2.16. The second kappa shape index (κ2) is 7.16. The number of hydrogen-bond donors (Lipinski definition) is 2. The van der Waals surface area contributed by atoms with Crippen molar-refractivity contribution in [3.63, 3.8) is 0 Å². The van der Waals surface area contributed by atoms with E-state index in [1.165, 1.54) is 12.1 Å². The molecule has 6 nitrogen and oxygen atoms in total. The van der Waals surface area contributed by atoms with Gasteiger partial charge in [-0.3, -0.25) is 9.59 Å². The molecule has 0 saturated heterocycles. The third-order valence-electron chi connectivity index (χ3n) is 3.40. The van der Waals surface area contributed by atoms with Crippen molar-refractivity contribution in [2.24, 2.45) is 0 Å². The molecule has 1 aromatic heterocycles. The molecule has 0 bridgehead atoms. The molecule has 0 aliphatic rings. The van der Waals surface area contributed by atoms with Crippen LogP contribution in [0.2, 0.25) is 0 Å². The Labute approximate surface area is 139 Å². The number of halogens is 1. The Morgan fingerprint density at radius 3 is 2.50 bits per heavy atom. The number of rotatable bonds is 4. The predicted octanol–water partition coefficient (Wildman–Crippen LogP) is 2.30. The fourth-order valence-corrected chi connectivity index (χ4v) is 2.14. The van der Waals surface area contributed by atoms with Crippen LogP contribution in [-0.2, 0) is 4.79 Å². The van der Waals surface area contributed by atoms with E-state index in [0.29, 0.717) is 17.2 Å². The lowest BCUT2D eigenvalue weighted by atomic mass is 10.2. The van der Waals surface area contributed by atoms with Gasteiger partial charge in [0.25, 0.3) is 5.91 Å². The summed E-state index contributed by atoms with van der Waals surface area (Å²) >= 11 is 0. The topological polar surface area (TPSA) is 84.0 Å². The maximum absolute atomic E-state index is 13.3. The molecule has 2 aromatic rings. The Balaban J connectivity index is 2.05. The van der Waals surface area contributed by atoms with E-state index in [1.54, 1.807) is 39.8 Å². The van der Waals surface area contributed by atoms with Gasteiger partial charge in [0.05, 0.1) is 0 Å². The van der Waals surface area contributed by atoms with Crippen LogP contribution in [0.15, 0.2) is 24.3 Å². The van der Waals surface area contributed by atoms with Crippen molar-refractivity contribution in [1.29, 1.82) is 0 Å². The highest BCUT2D eigenvalue weighted by molar-refractivity contribution is 6.00. The number of anilines is 1. The zero-order valence-corrected chi connectivity index (χ0v) is 14.0. The molecule has 0 saturated carbocycles. The van der Waals surface area contributed by atoms with Crippen molar-refractivity contribution in [2.75, 3.05) is 5.32 Å². The summed E-state index contributed by atoms with van der Waals surface area (Å²) in [4.78, 5) is 32.5. The average molecular weight is 330 g/mol. The van der Waals surface area contributed by atoms with Gasteiger partial charge in [-0.1, -0.05) is 6.07 Å². The Morgan fingerprint density at radius 2 is 1.83 bits per heavy atom. The van der Waals surface area contributed by atoms with Crippen LogP contribution in [0, 0.1) is 26.6 Å². The molecular formula is C17H19FN4O2. The van der Waals surface area contributed by atoms with E-state index in [2.05, 4.69) is 20.6 Å². The third-order valence-corrected chi connectivity index (χ3v) is 3.40. The predicted molar refractivity (Wildman–Crippen MR) is 88.2 cm³/mol. The number of nitrogens with one attached hydrogen (secondary N) is 2. The van der Waals surface area contributed by atoms with Crippen LogP contribution < -0.4 is 10.6 Å². The minimum atomic E-state index is -0.809. The lowest BCUT2D eigenvalue weighted by Gasteiger charge is -2.15. The van der Waals surface area contributed by atoms with E-state index in [0.717, 1.165) is 5.56 Å².